The van der Waals surface area contributed by atoms with Crippen LogP contribution in [0, 0.1) is 0 Å². The molecule has 0 amide bonds. The molecule has 0 aliphatic heterocycles. The molecular weight excluding hydrogens is 281 g/mol. The van der Waals surface area contributed by atoms with Crippen LogP contribution < -0.4 is 0 Å². The monoisotopic (exact) mass is 292 g/mol. The average Bonchev–Trinajstić information content (AvgIpc) is 2.90. The SMILES string of the molecule is CCc1ncnc2nc(-c3cccc(C(F)(F)F)c3)[nH]c12. The van der Waals surface area contributed by atoms with Crippen LogP contribution in [0.2, 0.25) is 0 Å². The number of H-pyrrole nitrogens is 1. The fourth-order valence-corrected chi connectivity index (χ4v) is 2.12. The third-order valence-corrected chi connectivity index (χ3v) is 3.17. The summed E-state index contributed by atoms with van der Waals surface area (Å²) in [5.74, 6) is 0.353. The molecule has 0 spiro atoms. The van der Waals surface area contributed by atoms with Gasteiger partial charge in [0.1, 0.15) is 17.7 Å². The van der Waals surface area contributed by atoms with Crippen LogP contribution >= 0.6 is 0 Å². The zero-order chi connectivity index (χ0) is 15.0. The second kappa shape index (κ2) is 4.83. The highest BCUT2D eigenvalue weighted by Crippen LogP contribution is 2.31. The summed E-state index contributed by atoms with van der Waals surface area (Å²) in [6.45, 7) is 1.94. The highest BCUT2D eigenvalue weighted by Gasteiger charge is 2.30. The number of hydrogen-bond donors (Lipinski definition) is 1. The van der Waals surface area contributed by atoms with Crippen molar-refractivity contribution >= 4 is 11.2 Å². The molecule has 2 heterocycles. The molecule has 1 N–H and O–H groups in total. The lowest BCUT2D eigenvalue weighted by Gasteiger charge is -2.07. The van der Waals surface area contributed by atoms with Gasteiger partial charge in [0.05, 0.1) is 11.3 Å². The number of imidazole rings is 1. The minimum absolute atomic E-state index is 0.353. The lowest BCUT2D eigenvalue weighted by molar-refractivity contribution is -0.137. The topological polar surface area (TPSA) is 54.5 Å². The molecule has 0 radical (unpaired) electrons. The fourth-order valence-electron chi connectivity index (χ4n) is 2.12. The highest BCUT2D eigenvalue weighted by atomic mass is 19.4. The molecule has 0 atom stereocenters. The Kier molecular flexibility index (Phi) is 3.12. The van der Waals surface area contributed by atoms with E-state index >= 15 is 0 Å². The van der Waals surface area contributed by atoms with Gasteiger partial charge in [0, 0.05) is 5.56 Å². The predicted molar refractivity (Wildman–Crippen MR) is 71.5 cm³/mol. The Morgan fingerprint density at radius 2 is 2.00 bits per heavy atom. The van der Waals surface area contributed by atoms with Crippen LogP contribution in [0.1, 0.15) is 18.2 Å². The first-order chi connectivity index (χ1) is 9.99. The van der Waals surface area contributed by atoms with Gasteiger partial charge in [-0.1, -0.05) is 19.1 Å². The van der Waals surface area contributed by atoms with E-state index in [9.17, 15) is 13.2 Å². The summed E-state index contributed by atoms with van der Waals surface area (Å²) in [7, 11) is 0. The van der Waals surface area contributed by atoms with Crippen LogP contribution in [0.15, 0.2) is 30.6 Å². The lowest BCUT2D eigenvalue weighted by Crippen LogP contribution is -2.04. The number of alkyl halides is 3. The number of benzene rings is 1. The molecule has 2 aromatic heterocycles. The van der Waals surface area contributed by atoms with Crippen molar-refractivity contribution in [3.05, 3.63) is 41.9 Å². The second-order valence-corrected chi connectivity index (χ2v) is 4.54. The van der Waals surface area contributed by atoms with Crippen molar-refractivity contribution in [3.8, 4) is 11.4 Å². The summed E-state index contributed by atoms with van der Waals surface area (Å²) in [4.78, 5) is 15.4. The van der Waals surface area contributed by atoms with Gasteiger partial charge in [0.2, 0.25) is 0 Å². The molecule has 1 aromatic carbocycles. The number of rotatable bonds is 2. The van der Waals surface area contributed by atoms with Crippen LogP contribution in [0.25, 0.3) is 22.6 Å². The van der Waals surface area contributed by atoms with Gasteiger partial charge >= 0.3 is 6.18 Å². The Balaban J connectivity index is 2.13. The molecule has 3 rings (SSSR count). The largest absolute Gasteiger partial charge is 0.416 e. The fraction of sp³-hybridized carbons (Fsp3) is 0.214. The van der Waals surface area contributed by atoms with Crippen LogP contribution in [-0.2, 0) is 12.6 Å². The Labute approximate surface area is 118 Å². The smallest absolute Gasteiger partial charge is 0.335 e. The molecule has 108 valence electrons. The molecular formula is C14H11F3N4. The number of halogens is 3. The molecule has 4 nitrogen and oxygen atoms in total. The average molecular weight is 292 g/mol. The van der Waals surface area contributed by atoms with Crippen LogP contribution in [0.4, 0.5) is 13.2 Å². The molecule has 0 bridgehead atoms. The van der Waals surface area contributed by atoms with E-state index in [4.69, 9.17) is 0 Å². The molecule has 3 aromatic rings. The number of aromatic nitrogens is 4. The summed E-state index contributed by atoms with van der Waals surface area (Å²) in [6.07, 6.45) is -2.29. The van der Waals surface area contributed by atoms with E-state index in [1.807, 2.05) is 6.92 Å². The molecule has 0 aliphatic rings. The molecule has 0 aliphatic carbocycles. The summed E-state index contributed by atoms with van der Waals surface area (Å²) in [5, 5.41) is 0. The maximum Gasteiger partial charge on any atom is 0.416 e. The van der Waals surface area contributed by atoms with Gasteiger partial charge in [-0.3, -0.25) is 0 Å². The first-order valence-corrected chi connectivity index (χ1v) is 6.36. The number of nitrogens with one attached hydrogen (secondary N) is 1. The minimum Gasteiger partial charge on any atom is -0.335 e. The van der Waals surface area contributed by atoms with E-state index in [2.05, 4.69) is 19.9 Å². The Morgan fingerprint density at radius 1 is 1.19 bits per heavy atom. The Bertz CT molecular complexity index is 792. The van der Waals surface area contributed by atoms with Crippen LogP contribution in [-0.4, -0.2) is 19.9 Å². The quantitative estimate of drug-likeness (QED) is 0.785. The second-order valence-electron chi connectivity index (χ2n) is 4.54. The third kappa shape index (κ3) is 2.46. The maximum absolute atomic E-state index is 12.8. The van der Waals surface area contributed by atoms with Crippen molar-refractivity contribution < 1.29 is 13.2 Å². The van der Waals surface area contributed by atoms with Crippen molar-refractivity contribution in [3.63, 3.8) is 0 Å². The first-order valence-electron chi connectivity index (χ1n) is 6.36. The van der Waals surface area contributed by atoms with Crippen molar-refractivity contribution in [1.82, 2.24) is 19.9 Å². The van der Waals surface area contributed by atoms with Crippen molar-refractivity contribution in [2.45, 2.75) is 19.5 Å². The van der Waals surface area contributed by atoms with Gasteiger partial charge in [-0.15, -0.1) is 0 Å². The number of aryl methyl sites for hydroxylation is 1. The molecule has 0 saturated heterocycles. The molecule has 7 heteroatoms. The zero-order valence-corrected chi connectivity index (χ0v) is 11.1. The van der Waals surface area contributed by atoms with Gasteiger partial charge in [-0.05, 0) is 18.6 Å². The van der Waals surface area contributed by atoms with Gasteiger partial charge in [0.25, 0.3) is 0 Å². The van der Waals surface area contributed by atoms with E-state index in [0.717, 1.165) is 17.8 Å². The molecule has 0 saturated carbocycles. The third-order valence-electron chi connectivity index (χ3n) is 3.17. The Hall–Kier alpha value is -2.44. The standard InChI is InChI=1S/C14H11F3N4/c1-2-10-11-13(19-7-18-10)21-12(20-11)8-4-3-5-9(6-8)14(15,16)17/h3-7H,2H2,1H3,(H,18,19,20,21). The number of hydrogen-bond acceptors (Lipinski definition) is 3. The lowest BCUT2D eigenvalue weighted by atomic mass is 10.1. The summed E-state index contributed by atoms with van der Waals surface area (Å²) in [6, 6.07) is 5.03. The Morgan fingerprint density at radius 3 is 2.71 bits per heavy atom. The summed E-state index contributed by atoms with van der Waals surface area (Å²) >= 11 is 0. The van der Waals surface area contributed by atoms with E-state index < -0.39 is 11.7 Å². The first kappa shape index (κ1) is 13.5. The molecule has 0 unspecified atom stereocenters. The van der Waals surface area contributed by atoms with Gasteiger partial charge < -0.3 is 4.98 Å². The highest BCUT2D eigenvalue weighted by molar-refractivity contribution is 5.77. The van der Waals surface area contributed by atoms with Crippen molar-refractivity contribution in [2.75, 3.05) is 0 Å². The van der Waals surface area contributed by atoms with E-state index in [1.165, 1.54) is 12.4 Å². The normalized spacial score (nSPS) is 12.0. The van der Waals surface area contributed by atoms with Crippen LogP contribution in [0.3, 0.4) is 0 Å². The molecule has 21 heavy (non-hydrogen) atoms. The molecule has 0 fully saturated rings. The predicted octanol–water partition coefficient (Wildman–Crippen LogP) is 3.60. The van der Waals surface area contributed by atoms with Gasteiger partial charge in [-0.2, -0.15) is 13.2 Å². The van der Waals surface area contributed by atoms with Gasteiger partial charge in [-0.25, -0.2) is 15.0 Å². The number of nitrogens with zero attached hydrogens (tertiary/aromatic N) is 3. The summed E-state index contributed by atoms with van der Waals surface area (Å²) in [5.41, 5.74) is 1.56. The maximum atomic E-state index is 12.8. The van der Waals surface area contributed by atoms with E-state index in [1.54, 1.807) is 6.07 Å². The van der Waals surface area contributed by atoms with Crippen LogP contribution in [0.5, 0.6) is 0 Å². The van der Waals surface area contributed by atoms with Gasteiger partial charge in [0.15, 0.2) is 5.65 Å². The van der Waals surface area contributed by atoms with Crippen molar-refractivity contribution in [1.29, 1.82) is 0 Å². The number of aromatic amines is 1. The zero-order valence-electron chi connectivity index (χ0n) is 11.1. The van der Waals surface area contributed by atoms with E-state index in [0.29, 0.717) is 29.0 Å². The summed E-state index contributed by atoms with van der Waals surface area (Å²) < 4.78 is 38.3. The van der Waals surface area contributed by atoms with E-state index in [-0.39, 0.29) is 0 Å². The number of fused-ring (bicyclic) bond motifs is 1. The van der Waals surface area contributed by atoms with Crippen molar-refractivity contribution in [2.24, 2.45) is 0 Å². The minimum atomic E-state index is -4.38.